The number of hydrogen-bond acceptors (Lipinski definition) is 6. The van der Waals surface area contributed by atoms with Crippen LogP contribution in [0.1, 0.15) is 65.0 Å². The predicted molar refractivity (Wildman–Crippen MR) is 153 cm³/mol. The molecule has 0 spiro atoms. The van der Waals surface area contributed by atoms with Crippen molar-refractivity contribution in [2.45, 2.75) is 77.0 Å². The fourth-order valence-corrected chi connectivity index (χ4v) is 4.18. The van der Waals surface area contributed by atoms with Gasteiger partial charge in [-0.3, -0.25) is 28.8 Å². The normalized spacial score (nSPS) is 24.2. The van der Waals surface area contributed by atoms with E-state index in [-0.39, 0.29) is 44.2 Å². The smallest absolute Gasteiger partial charge is 0.247 e. The third kappa shape index (κ3) is 9.73. The van der Waals surface area contributed by atoms with Gasteiger partial charge in [0.1, 0.15) is 23.7 Å². The van der Waals surface area contributed by atoms with E-state index in [1.807, 2.05) is 0 Å². The van der Waals surface area contributed by atoms with E-state index in [9.17, 15) is 28.8 Å². The highest BCUT2D eigenvalue weighted by atomic mass is 16.2. The highest BCUT2D eigenvalue weighted by molar-refractivity contribution is 5.97. The van der Waals surface area contributed by atoms with Crippen LogP contribution in [0.5, 0.6) is 0 Å². The largest absolute Gasteiger partial charge is 0.354 e. The van der Waals surface area contributed by atoms with Crippen LogP contribution in [0.25, 0.3) is 0 Å². The third-order valence-corrected chi connectivity index (χ3v) is 6.85. The predicted octanol–water partition coefficient (Wildman–Crippen LogP) is 0.357. The van der Waals surface area contributed by atoms with Crippen LogP contribution in [0.4, 0.5) is 0 Å². The molecule has 1 saturated heterocycles. The molecule has 0 radical (unpaired) electrons. The molecule has 1 heterocycles. The minimum atomic E-state index is -1.47. The van der Waals surface area contributed by atoms with Crippen LogP contribution in [0.15, 0.2) is 43.0 Å². The lowest BCUT2D eigenvalue weighted by atomic mass is 9.94. The summed E-state index contributed by atoms with van der Waals surface area (Å²) in [4.78, 5) is 77.6. The summed E-state index contributed by atoms with van der Waals surface area (Å²) in [5.41, 5.74) is -0.927. The topological polar surface area (TPSA) is 175 Å². The number of carbonyl (C=O) groups is 6. The monoisotopic (exact) mass is 570 g/mol. The Morgan fingerprint density at radius 2 is 1.68 bits per heavy atom. The van der Waals surface area contributed by atoms with E-state index in [1.54, 1.807) is 51.1 Å². The molecule has 6 amide bonds. The van der Waals surface area contributed by atoms with Crippen LogP contribution in [0.3, 0.4) is 0 Å². The minimum absolute atomic E-state index is 0.00197. The summed E-state index contributed by atoms with van der Waals surface area (Å²) in [6.45, 7) is 10.2. The van der Waals surface area contributed by atoms with Gasteiger partial charge in [0.15, 0.2) is 0 Å². The van der Waals surface area contributed by atoms with Crippen LogP contribution in [0.2, 0.25) is 0 Å². The molecule has 2 rings (SSSR count). The Morgan fingerprint density at radius 3 is 2.29 bits per heavy atom. The van der Waals surface area contributed by atoms with Gasteiger partial charge in [-0.2, -0.15) is 0 Å². The zero-order valence-electron chi connectivity index (χ0n) is 24.2. The summed E-state index contributed by atoms with van der Waals surface area (Å²) in [6, 6.07) is 5.56. The molecule has 12 nitrogen and oxygen atoms in total. The molecule has 0 aliphatic carbocycles. The number of benzene rings is 1. The number of carbonyl (C=O) groups excluding carboxylic acids is 6. The van der Waals surface area contributed by atoms with Crippen molar-refractivity contribution in [2.24, 2.45) is 5.92 Å². The molecule has 1 aromatic carbocycles. The van der Waals surface area contributed by atoms with Crippen LogP contribution in [0, 0.1) is 5.92 Å². The molecule has 1 aliphatic rings. The fourth-order valence-electron chi connectivity index (χ4n) is 4.18. The first-order chi connectivity index (χ1) is 19.4. The summed E-state index contributed by atoms with van der Waals surface area (Å²) in [5.74, 6) is -3.44. The van der Waals surface area contributed by atoms with Crippen LogP contribution in [-0.4, -0.2) is 66.2 Å². The molecule has 0 saturated carbocycles. The van der Waals surface area contributed by atoms with Crippen molar-refractivity contribution >= 4 is 35.4 Å². The van der Waals surface area contributed by atoms with E-state index in [1.165, 1.54) is 6.92 Å². The van der Waals surface area contributed by atoms with Crippen molar-refractivity contribution in [2.75, 3.05) is 13.1 Å². The van der Waals surface area contributed by atoms with E-state index >= 15 is 0 Å². The van der Waals surface area contributed by atoms with Gasteiger partial charge < -0.3 is 31.9 Å². The van der Waals surface area contributed by atoms with Crippen LogP contribution in [-0.2, 0) is 28.8 Å². The maximum Gasteiger partial charge on any atom is 0.247 e. The highest BCUT2D eigenvalue weighted by Crippen LogP contribution is 2.17. The second-order valence-electron chi connectivity index (χ2n) is 10.5. The first kappa shape index (κ1) is 33.0. The lowest BCUT2D eigenvalue weighted by Crippen LogP contribution is -2.63. The lowest BCUT2D eigenvalue weighted by Gasteiger charge is -2.33. The first-order valence-electron chi connectivity index (χ1n) is 13.9. The van der Waals surface area contributed by atoms with Crippen LogP contribution < -0.4 is 31.9 Å². The van der Waals surface area contributed by atoms with Crippen molar-refractivity contribution in [3.8, 4) is 0 Å². The Hall–Kier alpha value is -4.22. The number of rotatable bonds is 9. The number of amides is 6. The zero-order valence-corrected chi connectivity index (χ0v) is 24.2. The van der Waals surface area contributed by atoms with Crippen molar-refractivity contribution in [1.29, 1.82) is 0 Å². The Kier molecular flexibility index (Phi) is 12.5. The molecule has 1 unspecified atom stereocenters. The summed E-state index contributed by atoms with van der Waals surface area (Å²) in [7, 11) is 0. The van der Waals surface area contributed by atoms with Gasteiger partial charge in [-0.05, 0) is 44.2 Å². The van der Waals surface area contributed by atoms with Crippen molar-refractivity contribution < 1.29 is 28.8 Å². The summed E-state index contributed by atoms with van der Waals surface area (Å²) >= 11 is 0. The van der Waals surface area contributed by atoms with Gasteiger partial charge in [-0.25, -0.2) is 0 Å². The molecule has 41 heavy (non-hydrogen) atoms. The second kappa shape index (κ2) is 15.5. The summed E-state index contributed by atoms with van der Waals surface area (Å²) in [6.07, 6.45) is 1.84. The van der Waals surface area contributed by atoms with Gasteiger partial charge in [-0.15, -0.1) is 0 Å². The molecule has 12 heteroatoms. The van der Waals surface area contributed by atoms with Crippen molar-refractivity contribution in [1.82, 2.24) is 31.9 Å². The SMILES string of the molecule is C=CC(=O)NCCCC1NC(=O)[C@](C)(NC(=O)C(C)C)CCNC(=O)[C@@H](c2ccccc2)NC(=O)[C@H](CC)NC1=O. The summed E-state index contributed by atoms with van der Waals surface area (Å²) < 4.78 is 0. The molecule has 6 N–H and O–H groups in total. The molecule has 1 aromatic rings. The van der Waals surface area contributed by atoms with Gasteiger partial charge in [0.05, 0.1) is 0 Å². The van der Waals surface area contributed by atoms with Crippen molar-refractivity contribution in [3.05, 3.63) is 48.6 Å². The maximum atomic E-state index is 13.6. The van der Waals surface area contributed by atoms with Gasteiger partial charge in [0.2, 0.25) is 35.4 Å². The van der Waals surface area contributed by atoms with Crippen LogP contribution >= 0.6 is 0 Å². The zero-order chi connectivity index (χ0) is 30.6. The summed E-state index contributed by atoms with van der Waals surface area (Å²) in [5, 5.41) is 16.3. The average Bonchev–Trinajstić information content (AvgIpc) is 2.95. The van der Waals surface area contributed by atoms with E-state index < -0.39 is 53.2 Å². The number of hydrogen-bond donors (Lipinski definition) is 6. The molecule has 1 aliphatic heterocycles. The molecular weight excluding hydrogens is 528 g/mol. The van der Waals surface area contributed by atoms with Gasteiger partial charge in [-0.1, -0.05) is 57.7 Å². The Balaban J connectivity index is 2.43. The van der Waals surface area contributed by atoms with E-state index in [0.717, 1.165) is 6.08 Å². The standard InChI is InChI=1S/C29H42N6O6/c1-6-20-25(38)34-23(19-12-9-8-10-13-19)27(40)31-17-15-29(5,35-24(37)18(3)4)28(41)33-21(26(39)32-20)14-11-16-30-22(36)7-2/h7-10,12-13,18,20-21,23H,2,6,11,14-17H2,1,3-5H3,(H,30,36)(H,31,40)(H,32,39)(H,33,41)(H,34,38)(H,35,37)/t20-,21?,23+,29+/m0/s1. The van der Waals surface area contributed by atoms with E-state index in [0.29, 0.717) is 12.0 Å². The van der Waals surface area contributed by atoms with Crippen molar-refractivity contribution in [3.63, 3.8) is 0 Å². The van der Waals surface area contributed by atoms with Gasteiger partial charge >= 0.3 is 0 Å². The number of nitrogens with one attached hydrogen (secondary N) is 6. The second-order valence-corrected chi connectivity index (χ2v) is 10.5. The molecule has 0 aromatic heterocycles. The third-order valence-electron chi connectivity index (χ3n) is 6.85. The molecular formula is C29H42N6O6. The Morgan fingerprint density at radius 1 is 1.02 bits per heavy atom. The van der Waals surface area contributed by atoms with Gasteiger partial charge in [0.25, 0.3) is 0 Å². The fraction of sp³-hybridized carbons (Fsp3) is 0.517. The average molecular weight is 571 g/mol. The first-order valence-corrected chi connectivity index (χ1v) is 13.9. The minimum Gasteiger partial charge on any atom is -0.354 e. The molecule has 1 fully saturated rings. The molecule has 0 bridgehead atoms. The quantitative estimate of drug-likeness (QED) is 0.185. The molecule has 224 valence electrons. The Bertz CT molecular complexity index is 1120. The van der Waals surface area contributed by atoms with Gasteiger partial charge in [0, 0.05) is 19.0 Å². The maximum absolute atomic E-state index is 13.6. The van der Waals surface area contributed by atoms with E-state index in [4.69, 9.17) is 0 Å². The molecule has 4 atom stereocenters. The highest BCUT2D eigenvalue weighted by Gasteiger charge is 2.38. The lowest BCUT2D eigenvalue weighted by molar-refractivity contribution is -0.138. The van der Waals surface area contributed by atoms with E-state index in [2.05, 4.69) is 38.5 Å². The Labute approximate surface area is 240 Å².